The third-order valence-corrected chi connectivity index (χ3v) is 5.12. The number of nitrogens with one attached hydrogen (secondary N) is 2. The maximum absolute atomic E-state index is 12.5. The minimum atomic E-state index is -0.268. The number of nitrogens with zero attached hydrogens (tertiary/aromatic N) is 1. The van der Waals surface area contributed by atoms with Gasteiger partial charge in [0.15, 0.2) is 5.90 Å². The molecule has 0 saturated heterocycles. The first-order chi connectivity index (χ1) is 15.7. The van der Waals surface area contributed by atoms with Crippen molar-refractivity contribution in [2.45, 2.75) is 33.6 Å². The van der Waals surface area contributed by atoms with Crippen molar-refractivity contribution in [3.8, 4) is 5.75 Å². The number of benzene rings is 1. The highest BCUT2D eigenvalue weighted by molar-refractivity contribution is 6.31. The summed E-state index contributed by atoms with van der Waals surface area (Å²) < 4.78 is 6.11. The van der Waals surface area contributed by atoms with Crippen molar-refractivity contribution in [3.63, 3.8) is 0 Å². The van der Waals surface area contributed by atoms with E-state index in [9.17, 15) is 4.79 Å². The highest BCUT2D eigenvalue weighted by atomic mass is 35.5. The van der Waals surface area contributed by atoms with E-state index < -0.39 is 0 Å². The molecule has 0 aliphatic heterocycles. The second kappa shape index (κ2) is 15.3. The molecule has 180 valence electrons. The molecular weight excluding hydrogens is 461 g/mol. The fraction of sp³-hybridized carbons (Fsp3) is 0.360. The first-order valence-corrected chi connectivity index (χ1v) is 11.4. The van der Waals surface area contributed by atoms with Crippen molar-refractivity contribution in [1.29, 1.82) is 0 Å². The van der Waals surface area contributed by atoms with Crippen LogP contribution in [0.15, 0.2) is 76.1 Å². The summed E-state index contributed by atoms with van der Waals surface area (Å²) in [6, 6.07) is 7.00. The zero-order chi connectivity index (χ0) is 24.8. The van der Waals surface area contributed by atoms with Crippen LogP contribution in [0, 0.1) is 5.92 Å². The van der Waals surface area contributed by atoms with E-state index in [-0.39, 0.29) is 18.4 Å². The van der Waals surface area contributed by atoms with E-state index in [2.05, 4.69) is 22.2 Å². The molecule has 1 aromatic rings. The zero-order valence-electron chi connectivity index (χ0n) is 19.6. The van der Waals surface area contributed by atoms with E-state index in [1.54, 1.807) is 50.4 Å². The van der Waals surface area contributed by atoms with Crippen LogP contribution in [-0.2, 0) is 4.79 Å². The molecule has 1 unspecified atom stereocenters. The van der Waals surface area contributed by atoms with Gasteiger partial charge in [-0.05, 0) is 57.0 Å². The summed E-state index contributed by atoms with van der Waals surface area (Å²) in [5.41, 5.74) is 1.48. The van der Waals surface area contributed by atoms with Crippen LogP contribution < -0.4 is 15.4 Å². The van der Waals surface area contributed by atoms with E-state index in [0.717, 1.165) is 5.57 Å². The van der Waals surface area contributed by atoms with Gasteiger partial charge in [0.25, 0.3) is 5.91 Å². The minimum Gasteiger partial charge on any atom is -0.443 e. The van der Waals surface area contributed by atoms with Crippen LogP contribution in [0.2, 0.25) is 5.02 Å². The van der Waals surface area contributed by atoms with Crippen LogP contribution in [0.25, 0.3) is 0 Å². The summed E-state index contributed by atoms with van der Waals surface area (Å²) in [4.78, 5) is 17.1. The Morgan fingerprint density at radius 2 is 1.94 bits per heavy atom. The normalized spacial score (nSPS) is 14.3. The second-order valence-corrected chi connectivity index (χ2v) is 8.31. The number of amides is 1. The summed E-state index contributed by atoms with van der Waals surface area (Å²) in [7, 11) is 1.70. The van der Waals surface area contributed by atoms with Gasteiger partial charge < -0.3 is 20.5 Å². The van der Waals surface area contributed by atoms with Crippen LogP contribution >= 0.6 is 23.2 Å². The van der Waals surface area contributed by atoms with Gasteiger partial charge in [0.2, 0.25) is 0 Å². The van der Waals surface area contributed by atoms with Crippen molar-refractivity contribution in [2.24, 2.45) is 10.9 Å². The molecule has 33 heavy (non-hydrogen) atoms. The molecule has 1 rings (SSSR count). The van der Waals surface area contributed by atoms with Gasteiger partial charge in [0.05, 0.1) is 5.57 Å². The van der Waals surface area contributed by atoms with Crippen LogP contribution in [-0.4, -0.2) is 37.1 Å². The van der Waals surface area contributed by atoms with Crippen molar-refractivity contribution in [1.82, 2.24) is 10.6 Å². The first kappa shape index (κ1) is 28.5. The Bertz CT molecular complexity index is 919. The predicted molar refractivity (Wildman–Crippen MR) is 138 cm³/mol. The molecule has 3 N–H and O–H groups in total. The molecule has 0 aliphatic carbocycles. The van der Waals surface area contributed by atoms with Crippen LogP contribution in [0.4, 0.5) is 0 Å². The summed E-state index contributed by atoms with van der Waals surface area (Å²) >= 11 is 12.0. The molecule has 1 aromatic carbocycles. The number of halogens is 2. The van der Waals surface area contributed by atoms with Gasteiger partial charge in [-0.1, -0.05) is 54.4 Å². The van der Waals surface area contributed by atoms with Crippen LogP contribution in [0.3, 0.4) is 0 Å². The lowest BCUT2D eigenvalue weighted by Gasteiger charge is -2.18. The lowest BCUT2D eigenvalue weighted by Crippen LogP contribution is -2.28. The highest BCUT2D eigenvalue weighted by Crippen LogP contribution is 2.21. The molecule has 0 spiro atoms. The van der Waals surface area contributed by atoms with E-state index in [4.69, 9.17) is 33.0 Å². The zero-order valence-corrected chi connectivity index (χ0v) is 21.1. The summed E-state index contributed by atoms with van der Waals surface area (Å²) in [6.07, 6.45) is 6.42. The average Bonchev–Trinajstić information content (AvgIpc) is 2.80. The number of allylic oxidation sites excluding steroid dienone is 5. The van der Waals surface area contributed by atoms with E-state index in [0.29, 0.717) is 52.5 Å². The molecular formula is C25H33Cl2N3O3. The number of hydrogen-bond acceptors (Lipinski definition) is 5. The minimum absolute atomic E-state index is 0.0107. The summed E-state index contributed by atoms with van der Waals surface area (Å²) in [5, 5.41) is 15.8. The number of aliphatic hydroxyl groups excluding tert-OH is 1. The van der Waals surface area contributed by atoms with Gasteiger partial charge in [0.1, 0.15) is 11.6 Å². The van der Waals surface area contributed by atoms with Gasteiger partial charge in [0, 0.05) is 36.2 Å². The van der Waals surface area contributed by atoms with E-state index in [1.165, 1.54) is 0 Å². The Morgan fingerprint density at radius 3 is 2.52 bits per heavy atom. The SMILES string of the molecule is C=C/C(Cl)=C\C=C(/C)CC(C)C(=N/C(NC)=C(\C)C(=O)NCCCO)Oc1ccc(Cl)cc1. The number of hydrogen-bond donors (Lipinski definition) is 3. The first-order valence-electron chi connectivity index (χ1n) is 10.7. The molecule has 0 saturated carbocycles. The third kappa shape index (κ3) is 10.7. The Morgan fingerprint density at radius 1 is 1.27 bits per heavy atom. The molecule has 0 radical (unpaired) electrons. The Hall–Kier alpha value is -2.54. The van der Waals surface area contributed by atoms with Gasteiger partial charge >= 0.3 is 0 Å². The number of ether oxygens (including phenoxy) is 1. The second-order valence-electron chi connectivity index (χ2n) is 7.44. The quantitative estimate of drug-likeness (QED) is 0.120. The molecule has 1 atom stereocenters. The Balaban J connectivity index is 3.27. The number of carbonyl (C=O) groups is 1. The standard InChI is InChI=1S/C25H33Cl2N3O3/c1-6-20(26)9-8-17(2)16-18(3)25(33-22-12-10-21(27)11-13-22)30-23(28-5)19(4)24(32)29-14-7-15-31/h6,8-13,18,28,31H,1,7,14-16H2,2-5H3,(H,29,32)/b17-8+,20-9+,23-19+,30-25?. The van der Waals surface area contributed by atoms with Gasteiger partial charge in [-0.25, -0.2) is 0 Å². The topological polar surface area (TPSA) is 83.0 Å². The monoisotopic (exact) mass is 493 g/mol. The van der Waals surface area contributed by atoms with Gasteiger partial charge in [-0.2, -0.15) is 4.99 Å². The molecule has 1 amide bonds. The van der Waals surface area contributed by atoms with Crippen LogP contribution in [0.5, 0.6) is 5.75 Å². The maximum atomic E-state index is 12.5. The number of carbonyl (C=O) groups excluding carboxylic acids is 1. The highest BCUT2D eigenvalue weighted by Gasteiger charge is 2.17. The van der Waals surface area contributed by atoms with Crippen molar-refractivity contribution in [3.05, 3.63) is 76.1 Å². The number of rotatable bonds is 12. The lowest BCUT2D eigenvalue weighted by atomic mass is 10.0. The van der Waals surface area contributed by atoms with Gasteiger partial charge in [-0.15, -0.1) is 0 Å². The van der Waals surface area contributed by atoms with Crippen LogP contribution in [0.1, 0.15) is 33.6 Å². The number of aliphatic imine (C=N–C) groups is 1. The Labute approximate surface area is 206 Å². The summed E-state index contributed by atoms with van der Waals surface area (Å²) in [5.74, 6) is 1.04. The van der Waals surface area contributed by atoms with Crippen molar-refractivity contribution in [2.75, 3.05) is 20.2 Å². The molecule has 0 bridgehead atoms. The molecule has 0 fully saturated rings. The van der Waals surface area contributed by atoms with Crippen molar-refractivity contribution < 1.29 is 14.6 Å². The molecule has 0 aliphatic rings. The van der Waals surface area contributed by atoms with E-state index in [1.807, 2.05) is 19.9 Å². The summed E-state index contributed by atoms with van der Waals surface area (Å²) in [6.45, 7) is 9.70. The Kier molecular flexibility index (Phi) is 13.2. The largest absolute Gasteiger partial charge is 0.443 e. The third-order valence-electron chi connectivity index (χ3n) is 4.58. The molecule has 0 aromatic heterocycles. The predicted octanol–water partition coefficient (Wildman–Crippen LogP) is 5.35. The number of aliphatic hydroxyl groups is 1. The lowest BCUT2D eigenvalue weighted by molar-refractivity contribution is -0.117. The average molecular weight is 494 g/mol. The van der Waals surface area contributed by atoms with Gasteiger partial charge in [-0.3, -0.25) is 4.79 Å². The maximum Gasteiger partial charge on any atom is 0.250 e. The molecule has 0 heterocycles. The smallest absolute Gasteiger partial charge is 0.250 e. The fourth-order valence-electron chi connectivity index (χ4n) is 2.74. The van der Waals surface area contributed by atoms with Crippen molar-refractivity contribution >= 4 is 35.0 Å². The molecule has 6 nitrogen and oxygen atoms in total. The van der Waals surface area contributed by atoms with E-state index >= 15 is 0 Å². The fourth-order valence-corrected chi connectivity index (χ4v) is 2.93. The molecule has 8 heteroatoms.